The highest BCUT2D eigenvalue weighted by molar-refractivity contribution is 6.33. The first-order valence-electron chi connectivity index (χ1n) is 17.1. The summed E-state index contributed by atoms with van der Waals surface area (Å²) in [5, 5.41) is 17.8. The van der Waals surface area contributed by atoms with Crippen molar-refractivity contribution in [1.29, 1.82) is 0 Å². The third kappa shape index (κ3) is 6.17. The first-order chi connectivity index (χ1) is 24.7. The van der Waals surface area contributed by atoms with Gasteiger partial charge >= 0.3 is 6.18 Å². The zero-order valence-corrected chi connectivity index (χ0v) is 29.6. The molecule has 1 unspecified atom stereocenters. The first-order valence-corrected chi connectivity index (χ1v) is 17.5. The number of anilines is 3. The van der Waals surface area contributed by atoms with Crippen LogP contribution in [0.25, 0.3) is 5.78 Å². The molecular weight excluding hydrogens is 705 g/mol. The molecule has 14 nitrogen and oxygen atoms in total. The molecule has 0 bridgehead atoms. The van der Waals surface area contributed by atoms with Gasteiger partial charge in [-0.2, -0.15) is 22.7 Å². The molecule has 5 heterocycles. The van der Waals surface area contributed by atoms with E-state index in [9.17, 15) is 32.7 Å². The maximum absolute atomic E-state index is 14.5. The number of piperidine rings is 2. The smallest absolute Gasteiger partial charge is 0.416 e. The Hall–Kier alpha value is -4.93. The van der Waals surface area contributed by atoms with E-state index in [4.69, 9.17) is 16.6 Å². The molecule has 1 atom stereocenters. The molecule has 0 radical (unpaired) electrons. The van der Waals surface area contributed by atoms with Crippen LogP contribution in [0.15, 0.2) is 29.3 Å². The molecule has 18 heteroatoms. The number of aromatic hydroxyl groups is 1. The number of carbonyl (C=O) groups excluding carboxylic acids is 2. The summed E-state index contributed by atoms with van der Waals surface area (Å²) < 4.78 is 42.7. The van der Waals surface area contributed by atoms with Gasteiger partial charge in [0.25, 0.3) is 11.5 Å². The number of amides is 2. The minimum atomic E-state index is -4.60. The van der Waals surface area contributed by atoms with Crippen molar-refractivity contribution in [2.24, 2.45) is 0 Å². The summed E-state index contributed by atoms with van der Waals surface area (Å²) in [4.78, 5) is 59.8. The van der Waals surface area contributed by atoms with Gasteiger partial charge in [-0.3, -0.25) is 14.4 Å². The van der Waals surface area contributed by atoms with Crippen molar-refractivity contribution in [3.8, 4) is 5.75 Å². The average molecular weight is 743 g/mol. The van der Waals surface area contributed by atoms with E-state index in [1.807, 2.05) is 11.8 Å². The number of nitrogens with one attached hydrogen (secondary N) is 1. The zero-order chi connectivity index (χ0) is 37.1. The van der Waals surface area contributed by atoms with Crippen molar-refractivity contribution in [2.75, 3.05) is 55.4 Å². The Labute approximate surface area is 301 Å². The summed E-state index contributed by atoms with van der Waals surface area (Å²) in [5.41, 5.74) is -0.878. The van der Waals surface area contributed by atoms with E-state index in [1.165, 1.54) is 10.8 Å². The second-order valence-electron chi connectivity index (χ2n) is 14.0. The van der Waals surface area contributed by atoms with Crippen molar-refractivity contribution >= 4 is 46.6 Å². The number of aromatic nitrogens is 6. The lowest BCUT2D eigenvalue weighted by Gasteiger charge is -2.39. The third-order valence-corrected chi connectivity index (χ3v) is 10.7. The monoisotopic (exact) mass is 742 g/mol. The summed E-state index contributed by atoms with van der Waals surface area (Å²) >= 11 is 6.16. The Morgan fingerprint density at radius 1 is 1.10 bits per heavy atom. The minimum absolute atomic E-state index is 0.0119. The summed E-state index contributed by atoms with van der Waals surface area (Å²) in [7, 11) is 3.39. The molecule has 2 amide bonds. The molecule has 0 saturated carbocycles. The molecule has 3 aliphatic rings. The van der Waals surface area contributed by atoms with Crippen LogP contribution in [0.1, 0.15) is 78.7 Å². The van der Waals surface area contributed by atoms with Gasteiger partial charge in [-0.25, -0.2) is 9.97 Å². The largest absolute Gasteiger partial charge is 0.503 e. The molecule has 7 rings (SSSR count). The fourth-order valence-corrected chi connectivity index (χ4v) is 8.19. The minimum Gasteiger partial charge on any atom is -0.503 e. The third-order valence-electron chi connectivity index (χ3n) is 10.4. The SMILES string of the molecule is CC1CC2(CCN(C(=O)c3ncnc(N(C)C)c3O)CC2)c2c1n(CC(=O)Nc1ccc(C(F)(F)F)cc1Cl)c1nc(N3CCCCC3)nn1c2=O. The second-order valence-corrected chi connectivity index (χ2v) is 14.4. The first kappa shape index (κ1) is 35.5. The molecular formula is C34H38ClF3N10O4. The lowest BCUT2D eigenvalue weighted by Crippen LogP contribution is -2.46. The molecule has 1 spiro atoms. The molecule has 4 aromatic rings. The number of hydrogen-bond acceptors (Lipinski definition) is 10. The highest BCUT2D eigenvalue weighted by Crippen LogP contribution is 2.50. The van der Waals surface area contributed by atoms with Gasteiger partial charge in [0.1, 0.15) is 12.9 Å². The van der Waals surface area contributed by atoms with Gasteiger partial charge < -0.3 is 29.7 Å². The molecule has 2 N–H and O–H groups in total. The molecule has 2 aliphatic heterocycles. The Kier molecular flexibility index (Phi) is 9.03. The summed E-state index contributed by atoms with van der Waals surface area (Å²) in [6.07, 6.45) is 1.04. The van der Waals surface area contributed by atoms with Crippen LogP contribution in [0.4, 0.5) is 30.6 Å². The Morgan fingerprint density at radius 2 is 1.81 bits per heavy atom. The van der Waals surface area contributed by atoms with Gasteiger partial charge in [0, 0.05) is 56.9 Å². The van der Waals surface area contributed by atoms with Crippen LogP contribution in [0.5, 0.6) is 5.75 Å². The van der Waals surface area contributed by atoms with E-state index in [2.05, 4.69) is 20.4 Å². The fourth-order valence-electron chi connectivity index (χ4n) is 7.96. The number of alkyl halides is 3. The number of benzene rings is 1. The van der Waals surface area contributed by atoms with Crippen LogP contribution in [0.3, 0.4) is 0 Å². The lowest BCUT2D eigenvalue weighted by atomic mass is 9.73. The van der Waals surface area contributed by atoms with Crippen LogP contribution < -0.4 is 20.7 Å². The highest BCUT2D eigenvalue weighted by atomic mass is 35.5. The number of likely N-dealkylation sites (tertiary alicyclic amines) is 1. The normalized spacial score (nSPS) is 18.6. The predicted octanol–water partition coefficient (Wildman–Crippen LogP) is 4.44. The van der Waals surface area contributed by atoms with Gasteiger partial charge in [-0.1, -0.05) is 18.5 Å². The number of halogens is 4. The number of nitrogens with zero attached hydrogens (tertiary/aromatic N) is 9. The van der Waals surface area contributed by atoms with Gasteiger partial charge in [0.15, 0.2) is 17.3 Å². The summed E-state index contributed by atoms with van der Waals surface area (Å²) in [5.74, 6) is -0.744. The topological polar surface area (TPSA) is 154 Å². The van der Waals surface area contributed by atoms with Gasteiger partial charge in [-0.05, 0) is 62.6 Å². The maximum Gasteiger partial charge on any atom is 0.416 e. The van der Waals surface area contributed by atoms with Crippen molar-refractivity contribution in [3.05, 3.63) is 62.4 Å². The fraction of sp³-hybridized carbons (Fsp3) is 0.500. The second kappa shape index (κ2) is 13.2. The Balaban J connectivity index is 1.24. The van der Waals surface area contributed by atoms with Crippen LogP contribution in [-0.4, -0.2) is 91.2 Å². The van der Waals surface area contributed by atoms with Crippen molar-refractivity contribution in [3.63, 3.8) is 0 Å². The molecule has 52 heavy (non-hydrogen) atoms. The standard InChI is InChI=1S/C34H38ClF3N10O4/c1-19-16-33(9-13-45(14-10-33)30(52)25-27(50)28(44(2)3)40-18-39-25)24-26(19)47(17-23(49)41-22-8-7-20(15-21(22)35)34(36,37)38)32-42-31(43-48(32)29(24)51)46-11-5-4-6-12-46/h7-8,15,18-19,50H,4-6,9-14,16-17H2,1-3H3,(H,41,49). The van der Waals surface area contributed by atoms with Crippen LogP contribution in [0.2, 0.25) is 5.02 Å². The highest BCUT2D eigenvalue weighted by Gasteiger charge is 2.49. The summed E-state index contributed by atoms with van der Waals surface area (Å²) in [6.45, 7) is 3.68. The van der Waals surface area contributed by atoms with Crippen molar-refractivity contribution in [2.45, 2.75) is 69.5 Å². The number of carbonyl (C=O) groups is 2. The molecule has 276 valence electrons. The van der Waals surface area contributed by atoms with Gasteiger partial charge in [-0.15, -0.1) is 5.10 Å². The molecule has 1 aromatic carbocycles. The number of hydrogen-bond donors (Lipinski definition) is 2. The predicted molar refractivity (Wildman–Crippen MR) is 186 cm³/mol. The quantitative estimate of drug-likeness (QED) is 0.290. The molecule has 2 saturated heterocycles. The van der Waals surface area contributed by atoms with E-state index in [0.29, 0.717) is 36.5 Å². The van der Waals surface area contributed by atoms with E-state index in [0.717, 1.165) is 50.6 Å². The Morgan fingerprint density at radius 3 is 2.46 bits per heavy atom. The van der Waals surface area contributed by atoms with E-state index < -0.39 is 29.0 Å². The van der Waals surface area contributed by atoms with E-state index in [1.54, 1.807) is 28.5 Å². The van der Waals surface area contributed by atoms with Crippen molar-refractivity contribution < 1.29 is 27.9 Å². The van der Waals surface area contributed by atoms with Crippen LogP contribution in [-0.2, 0) is 22.9 Å². The average Bonchev–Trinajstić information content (AvgIpc) is 3.67. The number of rotatable bonds is 6. The van der Waals surface area contributed by atoms with E-state index in [-0.39, 0.29) is 64.9 Å². The molecule has 3 aromatic heterocycles. The maximum atomic E-state index is 14.5. The van der Waals surface area contributed by atoms with Gasteiger partial charge in [0.2, 0.25) is 17.6 Å². The van der Waals surface area contributed by atoms with Crippen LogP contribution in [0, 0.1) is 0 Å². The van der Waals surface area contributed by atoms with E-state index >= 15 is 0 Å². The zero-order valence-electron chi connectivity index (χ0n) is 28.9. The van der Waals surface area contributed by atoms with Crippen molar-refractivity contribution in [1.82, 2.24) is 34.0 Å². The summed E-state index contributed by atoms with van der Waals surface area (Å²) in [6, 6.07) is 2.71. The van der Waals surface area contributed by atoms with Gasteiger partial charge in [0.05, 0.1) is 16.3 Å². The molecule has 2 fully saturated rings. The number of fused-ring (bicyclic) bond motifs is 3. The van der Waals surface area contributed by atoms with Crippen LogP contribution >= 0.6 is 11.6 Å². The lowest BCUT2D eigenvalue weighted by molar-refractivity contribution is -0.137. The Bertz CT molecular complexity index is 2120. The molecule has 1 aliphatic carbocycles.